The second kappa shape index (κ2) is 8.81. The number of hydrogen-bond donors (Lipinski definition) is 1. The zero-order valence-electron chi connectivity index (χ0n) is 15.3. The number of aryl methyl sites for hydroxylation is 2. The minimum absolute atomic E-state index is 0.0645. The Kier molecular flexibility index (Phi) is 6.76. The molecule has 1 aromatic carbocycles. The Morgan fingerprint density at radius 3 is 2.44 bits per heavy atom. The number of anilines is 1. The van der Waals surface area contributed by atoms with E-state index in [1.165, 1.54) is 21.8 Å². The predicted molar refractivity (Wildman–Crippen MR) is 104 cm³/mol. The fourth-order valence-electron chi connectivity index (χ4n) is 2.74. The van der Waals surface area contributed by atoms with Gasteiger partial charge in [-0.05, 0) is 50.5 Å². The van der Waals surface area contributed by atoms with Gasteiger partial charge in [-0.1, -0.05) is 32.0 Å². The summed E-state index contributed by atoms with van der Waals surface area (Å²) in [7, 11) is 0. The molecule has 0 spiro atoms. The molecule has 1 aromatic heterocycles. The lowest BCUT2D eigenvalue weighted by Gasteiger charge is -2.27. The van der Waals surface area contributed by atoms with Gasteiger partial charge in [0.15, 0.2) is 0 Å². The van der Waals surface area contributed by atoms with E-state index in [4.69, 9.17) is 0 Å². The summed E-state index contributed by atoms with van der Waals surface area (Å²) in [6.45, 7) is 8.48. The van der Waals surface area contributed by atoms with Gasteiger partial charge < -0.3 is 10.2 Å². The molecule has 0 fully saturated rings. The lowest BCUT2D eigenvalue weighted by molar-refractivity contribution is -0.120. The number of carbonyl (C=O) groups is 2. The lowest BCUT2D eigenvalue weighted by atomic mass is 10.1. The summed E-state index contributed by atoms with van der Waals surface area (Å²) in [4.78, 5) is 29.1. The Hall–Kier alpha value is -2.14. The number of nitrogens with zero attached hydrogens (tertiary/aromatic N) is 1. The van der Waals surface area contributed by atoms with Crippen molar-refractivity contribution in [1.29, 1.82) is 0 Å². The van der Waals surface area contributed by atoms with Gasteiger partial charge in [0.05, 0.1) is 4.88 Å². The quantitative estimate of drug-likeness (QED) is 0.792. The predicted octanol–water partition coefficient (Wildman–Crippen LogP) is 4.50. The van der Waals surface area contributed by atoms with Gasteiger partial charge in [0, 0.05) is 17.1 Å². The number of carbonyl (C=O) groups excluding carboxylic acids is 2. The number of thiophene rings is 1. The third-order valence-electron chi connectivity index (χ3n) is 4.23. The van der Waals surface area contributed by atoms with Crippen LogP contribution in [0, 0.1) is 6.92 Å². The molecule has 1 unspecified atom stereocenters. The molecule has 0 bridgehead atoms. The van der Waals surface area contributed by atoms with Crippen LogP contribution in [-0.2, 0) is 11.2 Å². The molecule has 2 rings (SSSR count). The Morgan fingerprint density at radius 1 is 1.20 bits per heavy atom. The molecule has 0 saturated heterocycles. The molecular weight excluding hydrogens is 332 g/mol. The van der Waals surface area contributed by atoms with Crippen molar-refractivity contribution in [1.82, 2.24) is 4.90 Å². The standard InChI is InChI=1S/C20H26N2O2S/c1-5-12-22(20(24)18-13-16(6-2)15(4)25-18)14(3)19(23)21-17-10-8-7-9-11-17/h7-11,13-14H,5-6,12H2,1-4H3,(H,21,23). The highest BCUT2D eigenvalue weighted by molar-refractivity contribution is 7.14. The van der Waals surface area contributed by atoms with E-state index >= 15 is 0 Å². The molecule has 0 aliphatic rings. The average molecular weight is 359 g/mol. The fourth-order valence-corrected chi connectivity index (χ4v) is 3.81. The number of nitrogens with one attached hydrogen (secondary N) is 1. The molecule has 0 aliphatic heterocycles. The Labute approximate surface area is 153 Å². The minimum atomic E-state index is -0.528. The highest BCUT2D eigenvalue weighted by Gasteiger charge is 2.27. The van der Waals surface area contributed by atoms with Crippen molar-refractivity contribution < 1.29 is 9.59 Å². The van der Waals surface area contributed by atoms with Crippen LogP contribution in [0.25, 0.3) is 0 Å². The van der Waals surface area contributed by atoms with Crippen molar-refractivity contribution >= 4 is 28.8 Å². The first kappa shape index (κ1) is 19.2. The first-order valence-corrected chi connectivity index (χ1v) is 9.55. The molecule has 2 amide bonds. The second-order valence-electron chi connectivity index (χ2n) is 6.08. The van der Waals surface area contributed by atoms with E-state index in [9.17, 15) is 9.59 Å². The van der Waals surface area contributed by atoms with E-state index in [-0.39, 0.29) is 11.8 Å². The summed E-state index contributed by atoms with van der Waals surface area (Å²) in [5.74, 6) is -0.234. The van der Waals surface area contributed by atoms with Gasteiger partial charge in [0.2, 0.25) is 5.91 Å². The third kappa shape index (κ3) is 4.69. The highest BCUT2D eigenvalue weighted by Crippen LogP contribution is 2.24. The van der Waals surface area contributed by atoms with Crippen LogP contribution < -0.4 is 5.32 Å². The summed E-state index contributed by atoms with van der Waals surface area (Å²) in [5, 5.41) is 2.89. The molecule has 1 heterocycles. The van der Waals surface area contributed by atoms with Gasteiger partial charge in [0.25, 0.3) is 5.91 Å². The molecule has 25 heavy (non-hydrogen) atoms. The van der Waals surface area contributed by atoms with Crippen molar-refractivity contribution in [2.75, 3.05) is 11.9 Å². The van der Waals surface area contributed by atoms with Crippen molar-refractivity contribution in [3.8, 4) is 0 Å². The van der Waals surface area contributed by atoms with Gasteiger partial charge in [-0.25, -0.2) is 0 Å². The monoisotopic (exact) mass is 358 g/mol. The van der Waals surface area contributed by atoms with Gasteiger partial charge in [-0.3, -0.25) is 9.59 Å². The Bertz CT molecular complexity index is 725. The summed E-state index contributed by atoms with van der Waals surface area (Å²) < 4.78 is 0. The van der Waals surface area contributed by atoms with Gasteiger partial charge >= 0.3 is 0 Å². The van der Waals surface area contributed by atoms with Crippen molar-refractivity contribution in [3.63, 3.8) is 0 Å². The number of benzene rings is 1. The van der Waals surface area contributed by atoms with E-state index in [0.717, 1.165) is 18.5 Å². The maximum Gasteiger partial charge on any atom is 0.264 e. The first-order valence-electron chi connectivity index (χ1n) is 8.74. The van der Waals surface area contributed by atoms with Gasteiger partial charge in [-0.2, -0.15) is 0 Å². The van der Waals surface area contributed by atoms with Gasteiger partial charge in [-0.15, -0.1) is 11.3 Å². The van der Waals surface area contributed by atoms with E-state index in [1.807, 2.05) is 50.2 Å². The summed E-state index contributed by atoms with van der Waals surface area (Å²) in [5.41, 5.74) is 1.94. The largest absolute Gasteiger partial charge is 0.326 e. The molecule has 0 aliphatic carbocycles. The number of hydrogen-bond acceptors (Lipinski definition) is 3. The topological polar surface area (TPSA) is 49.4 Å². The summed E-state index contributed by atoms with van der Waals surface area (Å²) >= 11 is 1.51. The maximum atomic E-state index is 13.0. The molecule has 2 aromatic rings. The normalized spacial score (nSPS) is 11.8. The second-order valence-corrected chi connectivity index (χ2v) is 7.33. The Morgan fingerprint density at radius 2 is 1.88 bits per heavy atom. The van der Waals surface area contributed by atoms with Crippen molar-refractivity contribution in [2.45, 2.75) is 46.6 Å². The molecule has 134 valence electrons. The fraction of sp³-hybridized carbons (Fsp3) is 0.400. The zero-order valence-corrected chi connectivity index (χ0v) is 16.2. The molecule has 0 saturated carbocycles. The zero-order chi connectivity index (χ0) is 18.4. The van der Waals surface area contributed by atoms with Crippen LogP contribution in [0.5, 0.6) is 0 Å². The minimum Gasteiger partial charge on any atom is -0.326 e. The van der Waals surface area contributed by atoms with E-state index in [2.05, 4.69) is 12.2 Å². The highest BCUT2D eigenvalue weighted by atomic mass is 32.1. The number of para-hydroxylation sites is 1. The van der Waals surface area contributed by atoms with Crippen LogP contribution in [-0.4, -0.2) is 29.3 Å². The van der Waals surface area contributed by atoms with E-state index in [0.29, 0.717) is 11.4 Å². The summed E-state index contributed by atoms with van der Waals surface area (Å²) in [6.07, 6.45) is 1.72. The van der Waals surface area contributed by atoms with Crippen LogP contribution in [0.4, 0.5) is 5.69 Å². The summed E-state index contributed by atoms with van der Waals surface area (Å²) in [6, 6.07) is 10.8. The molecule has 0 radical (unpaired) electrons. The van der Waals surface area contributed by atoms with Gasteiger partial charge in [0.1, 0.15) is 6.04 Å². The Balaban J connectivity index is 2.17. The molecule has 5 heteroatoms. The van der Waals surface area contributed by atoms with Crippen LogP contribution in [0.2, 0.25) is 0 Å². The smallest absolute Gasteiger partial charge is 0.264 e. The number of amides is 2. The van der Waals surface area contributed by atoms with Crippen LogP contribution in [0.15, 0.2) is 36.4 Å². The van der Waals surface area contributed by atoms with Crippen LogP contribution >= 0.6 is 11.3 Å². The lowest BCUT2D eigenvalue weighted by Crippen LogP contribution is -2.45. The number of rotatable bonds is 7. The van der Waals surface area contributed by atoms with Crippen molar-refractivity contribution in [3.05, 3.63) is 51.7 Å². The molecule has 4 nitrogen and oxygen atoms in total. The van der Waals surface area contributed by atoms with E-state index < -0.39 is 6.04 Å². The van der Waals surface area contributed by atoms with Crippen LogP contribution in [0.1, 0.15) is 47.3 Å². The molecule has 1 N–H and O–H groups in total. The SMILES string of the molecule is CCCN(C(=O)c1cc(CC)c(C)s1)C(C)C(=O)Nc1ccccc1. The maximum absolute atomic E-state index is 13.0. The third-order valence-corrected chi connectivity index (χ3v) is 5.31. The molecule has 1 atom stereocenters. The van der Waals surface area contributed by atoms with E-state index in [1.54, 1.807) is 11.8 Å². The molecular formula is C20H26N2O2S. The van der Waals surface area contributed by atoms with Crippen LogP contribution in [0.3, 0.4) is 0 Å². The van der Waals surface area contributed by atoms with Crippen molar-refractivity contribution in [2.24, 2.45) is 0 Å². The first-order chi connectivity index (χ1) is 12.0. The average Bonchev–Trinajstić information content (AvgIpc) is 3.00.